The minimum Gasteiger partial charge on any atom is -0.497 e. The van der Waals surface area contributed by atoms with Crippen LogP contribution in [0.1, 0.15) is 26.5 Å². The van der Waals surface area contributed by atoms with E-state index < -0.39 is 6.10 Å². The van der Waals surface area contributed by atoms with E-state index in [9.17, 15) is 4.79 Å². The molecule has 0 saturated carbocycles. The van der Waals surface area contributed by atoms with Crippen LogP contribution in [0.5, 0.6) is 11.5 Å². The summed E-state index contributed by atoms with van der Waals surface area (Å²) in [6.07, 6.45) is -0.197. The minimum atomic E-state index is -0.637. The number of ether oxygens (including phenoxy) is 3. The molecule has 0 radical (unpaired) electrons. The summed E-state index contributed by atoms with van der Waals surface area (Å²) >= 11 is 1.42. The number of carbonyl (C=O) groups is 1. The molecule has 3 atom stereocenters. The van der Waals surface area contributed by atoms with Crippen LogP contribution < -0.4 is 14.8 Å². The number of anilines is 1. The van der Waals surface area contributed by atoms with Crippen molar-refractivity contribution in [1.29, 1.82) is 0 Å². The summed E-state index contributed by atoms with van der Waals surface area (Å²) in [7, 11) is 1.61. The van der Waals surface area contributed by atoms with E-state index in [0.717, 1.165) is 31.1 Å². The van der Waals surface area contributed by atoms with Crippen molar-refractivity contribution < 1.29 is 19.0 Å². The van der Waals surface area contributed by atoms with Crippen molar-refractivity contribution in [3.8, 4) is 11.5 Å². The second-order valence-electron chi connectivity index (χ2n) is 7.02. The van der Waals surface area contributed by atoms with Crippen LogP contribution in [0.25, 0.3) is 0 Å². The third kappa shape index (κ3) is 5.67. The molecule has 0 aliphatic carbocycles. The fourth-order valence-electron chi connectivity index (χ4n) is 3.20. The molecule has 0 bridgehead atoms. The minimum absolute atomic E-state index is 0.220. The molecule has 2 aromatic rings. The van der Waals surface area contributed by atoms with Crippen LogP contribution in [0.3, 0.4) is 0 Å². The molecule has 1 aliphatic heterocycles. The van der Waals surface area contributed by atoms with Gasteiger partial charge in [-0.15, -0.1) is 11.3 Å². The largest absolute Gasteiger partial charge is 0.497 e. The van der Waals surface area contributed by atoms with E-state index in [1.165, 1.54) is 11.3 Å². The molecule has 1 aliphatic rings. The third-order valence-electron chi connectivity index (χ3n) is 4.40. The van der Waals surface area contributed by atoms with E-state index in [4.69, 9.17) is 14.2 Å². The fraction of sp³-hybridized carbons (Fsp3) is 0.500. The molecule has 1 N–H and O–H groups in total. The third-order valence-corrected chi connectivity index (χ3v) is 5.21. The second-order valence-corrected chi connectivity index (χ2v) is 7.88. The Bertz CT molecular complexity index is 770. The van der Waals surface area contributed by atoms with Gasteiger partial charge in [0.25, 0.3) is 5.91 Å². The Kier molecular flexibility index (Phi) is 6.88. The molecule has 152 valence electrons. The van der Waals surface area contributed by atoms with Gasteiger partial charge in [0, 0.05) is 25.0 Å². The number of nitrogens with zero attached hydrogens (tertiary/aromatic N) is 2. The van der Waals surface area contributed by atoms with Gasteiger partial charge in [0.2, 0.25) is 0 Å². The highest BCUT2D eigenvalue weighted by molar-refractivity contribution is 7.13. The summed E-state index contributed by atoms with van der Waals surface area (Å²) in [5.41, 5.74) is 0.949. The van der Waals surface area contributed by atoms with E-state index in [1.54, 1.807) is 38.3 Å². The molecule has 3 unspecified atom stereocenters. The highest BCUT2D eigenvalue weighted by Gasteiger charge is 2.23. The van der Waals surface area contributed by atoms with E-state index in [1.807, 2.05) is 5.38 Å². The molecule has 8 heteroatoms. The number of benzene rings is 1. The van der Waals surface area contributed by atoms with Crippen molar-refractivity contribution in [3.05, 3.63) is 35.3 Å². The van der Waals surface area contributed by atoms with Gasteiger partial charge in [-0.2, -0.15) is 0 Å². The molecular weight excluding hydrogens is 378 g/mol. The van der Waals surface area contributed by atoms with E-state index in [0.29, 0.717) is 10.9 Å². The fourth-order valence-corrected chi connectivity index (χ4v) is 3.90. The summed E-state index contributed by atoms with van der Waals surface area (Å²) in [5.74, 6) is 1.12. The molecule has 3 rings (SSSR count). The molecule has 7 nitrogen and oxygen atoms in total. The van der Waals surface area contributed by atoms with Crippen LogP contribution in [-0.2, 0) is 16.1 Å². The molecule has 1 fully saturated rings. The quantitative estimate of drug-likeness (QED) is 0.763. The Morgan fingerprint density at radius 3 is 2.57 bits per heavy atom. The number of amides is 1. The Morgan fingerprint density at radius 2 is 1.93 bits per heavy atom. The van der Waals surface area contributed by atoms with Crippen molar-refractivity contribution in [2.45, 2.75) is 45.6 Å². The number of nitrogens with one attached hydrogen (secondary N) is 1. The average molecular weight is 406 g/mol. The van der Waals surface area contributed by atoms with Crippen molar-refractivity contribution >= 4 is 22.4 Å². The maximum atomic E-state index is 12.4. The predicted molar refractivity (Wildman–Crippen MR) is 109 cm³/mol. The van der Waals surface area contributed by atoms with Gasteiger partial charge >= 0.3 is 0 Å². The monoisotopic (exact) mass is 405 g/mol. The number of hydrogen-bond donors (Lipinski definition) is 1. The van der Waals surface area contributed by atoms with Gasteiger partial charge in [-0.3, -0.25) is 15.0 Å². The summed E-state index contributed by atoms with van der Waals surface area (Å²) in [5, 5.41) is 5.40. The topological polar surface area (TPSA) is 72.9 Å². The van der Waals surface area contributed by atoms with Gasteiger partial charge in [-0.05, 0) is 45.0 Å². The van der Waals surface area contributed by atoms with Crippen molar-refractivity contribution in [2.75, 3.05) is 25.5 Å². The highest BCUT2D eigenvalue weighted by atomic mass is 32.1. The average Bonchev–Trinajstić information content (AvgIpc) is 3.08. The molecular formula is C20H27N3O4S. The maximum Gasteiger partial charge on any atom is 0.266 e. The Morgan fingerprint density at radius 1 is 1.29 bits per heavy atom. The van der Waals surface area contributed by atoms with Crippen molar-refractivity contribution in [2.24, 2.45) is 0 Å². The highest BCUT2D eigenvalue weighted by Crippen LogP contribution is 2.21. The van der Waals surface area contributed by atoms with Crippen LogP contribution >= 0.6 is 11.3 Å². The van der Waals surface area contributed by atoms with Gasteiger partial charge < -0.3 is 14.2 Å². The molecule has 28 heavy (non-hydrogen) atoms. The van der Waals surface area contributed by atoms with Crippen LogP contribution in [-0.4, -0.2) is 54.3 Å². The van der Waals surface area contributed by atoms with Crippen LogP contribution in [0, 0.1) is 0 Å². The normalized spacial score (nSPS) is 21.1. The lowest BCUT2D eigenvalue weighted by Crippen LogP contribution is -2.44. The first-order chi connectivity index (χ1) is 13.4. The molecule has 1 amide bonds. The first-order valence-electron chi connectivity index (χ1n) is 9.36. The maximum absolute atomic E-state index is 12.4. The summed E-state index contributed by atoms with van der Waals surface area (Å²) in [4.78, 5) is 19.3. The number of aromatic nitrogens is 1. The molecule has 1 aromatic heterocycles. The van der Waals surface area contributed by atoms with Gasteiger partial charge in [-0.1, -0.05) is 0 Å². The van der Waals surface area contributed by atoms with Crippen molar-refractivity contribution in [3.63, 3.8) is 0 Å². The van der Waals surface area contributed by atoms with Crippen molar-refractivity contribution in [1.82, 2.24) is 9.88 Å². The predicted octanol–water partition coefficient (Wildman–Crippen LogP) is 3.17. The number of thiazole rings is 1. The zero-order valence-electron chi connectivity index (χ0n) is 16.7. The Balaban J connectivity index is 1.51. The van der Waals surface area contributed by atoms with E-state index >= 15 is 0 Å². The molecule has 2 heterocycles. The SMILES string of the molecule is COc1ccc(OC(C)C(=O)Nc2nc(CN3CC(C)OC(C)C3)cs2)cc1. The number of hydrogen-bond acceptors (Lipinski definition) is 7. The van der Waals surface area contributed by atoms with Gasteiger partial charge in [0.15, 0.2) is 11.2 Å². The molecule has 0 spiro atoms. The zero-order valence-corrected chi connectivity index (χ0v) is 17.5. The van der Waals surface area contributed by atoms with Crippen LogP contribution in [0.2, 0.25) is 0 Å². The standard InChI is InChI=1S/C20H27N3O4S/c1-13-9-23(10-14(2)26-13)11-16-12-28-20(21-16)22-19(24)15(3)27-18-7-5-17(25-4)6-8-18/h5-8,12-15H,9-11H2,1-4H3,(H,21,22,24). The number of rotatable bonds is 7. The van der Waals surface area contributed by atoms with Gasteiger partial charge in [-0.25, -0.2) is 4.98 Å². The van der Waals surface area contributed by atoms with Crippen LogP contribution in [0.4, 0.5) is 5.13 Å². The Labute approximate surface area is 169 Å². The lowest BCUT2D eigenvalue weighted by atomic mass is 10.2. The molecule has 1 aromatic carbocycles. The first kappa shape index (κ1) is 20.6. The first-order valence-corrected chi connectivity index (χ1v) is 10.2. The number of carbonyl (C=O) groups excluding carboxylic acids is 1. The molecule has 1 saturated heterocycles. The van der Waals surface area contributed by atoms with E-state index in [-0.39, 0.29) is 18.1 Å². The lowest BCUT2D eigenvalue weighted by Gasteiger charge is -2.34. The summed E-state index contributed by atoms with van der Waals surface area (Å²) in [6.45, 7) is 8.40. The Hall–Kier alpha value is -2.16. The van der Waals surface area contributed by atoms with E-state index in [2.05, 4.69) is 29.0 Å². The second kappa shape index (κ2) is 9.36. The smallest absolute Gasteiger partial charge is 0.266 e. The van der Waals surface area contributed by atoms with Gasteiger partial charge in [0.05, 0.1) is 25.0 Å². The number of morpholine rings is 1. The summed E-state index contributed by atoms with van der Waals surface area (Å²) < 4.78 is 16.6. The number of methoxy groups -OCH3 is 1. The van der Waals surface area contributed by atoms with Crippen LogP contribution in [0.15, 0.2) is 29.6 Å². The zero-order chi connectivity index (χ0) is 20.1. The van der Waals surface area contributed by atoms with Gasteiger partial charge in [0.1, 0.15) is 11.5 Å². The lowest BCUT2D eigenvalue weighted by molar-refractivity contribution is -0.122. The summed E-state index contributed by atoms with van der Waals surface area (Å²) in [6, 6.07) is 7.13.